The first kappa shape index (κ1) is 9.40. The SMILES string of the molecule is Cc1cc(Cl)c(C)c(N(C)C)c1. The minimum absolute atomic E-state index is 0.846. The molecule has 66 valence electrons. The highest BCUT2D eigenvalue weighted by molar-refractivity contribution is 6.31. The molecule has 0 fully saturated rings. The van der Waals surface area contributed by atoms with Crippen LogP contribution in [0.25, 0.3) is 0 Å². The van der Waals surface area contributed by atoms with Crippen molar-refractivity contribution < 1.29 is 0 Å². The number of anilines is 1. The largest absolute Gasteiger partial charge is 0.377 e. The van der Waals surface area contributed by atoms with Crippen molar-refractivity contribution in [1.29, 1.82) is 0 Å². The van der Waals surface area contributed by atoms with Crippen LogP contribution >= 0.6 is 11.6 Å². The Kier molecular flexibility index (Phi) is 2.63. The van der Waals surface area contributed by atoms with Crippen LogP contribution in [0.1, 0.15) is 11.1 Å². The Morgan fingerprint density at radius 3 is 2.25 bits per heavy atom. The van der Waals surface area contributed by atoms with Gasteiger partial charge in [-0.1, -0.05) is 11.6 Å². The molecule has 0 spiro atoms. The van der Waals surface area contributed by atoms with Crippen LogP contribution in [0.2, 0.25) is 5.02 Å². The Morgan fingerprint density at radius 2 is 1.75 bits per heavy atom. The number of benzene rings is 1. The Hall–Kier alpha value is -0.690. The van der Waals surface area contributed by atoms with Gasteiger partial charge in [-0.15, -0.1) is 0 Å². The van der Waals surface area contributed by atoms with Crippen molar-refractivity contribution in [2.24, 2.45) is 0 Å². The van der Waals surface area contributed by atoms with Crippen molar-refractivity contribution in [3.8, 4) is 0 Å². The summed E-state index contributed by atoms with van der Waals surface area (Å²) in [5, 5.41) is 0.846. The van der Waals surface area contributed by atoms with E-state index < -0.39 is 0 Å². The van der Waals surface area contributed by atoms with Crippen LogP contribution in [0, 0.1) is 13.8 Å². The van der Waals surface area contributed by atoms with E-state index in [1.54, 1.807) is 0 Å². The first-order chi connectivity index (χ1) is 5.52. The summed E-state index contributed by atoms with van der Waals surface area (Å²) in [6, 6.07) is 4.13. The predicted octanol–water partition coefficient (Wildman–Crippen LogP) is 3.02. The highest BCUT2D eigenvalue weighted by Crippen LogP contribution is 2.26. The molecule has 0 atom stereocenters. The fourth-order valence-electron chi connectivity index (χ4n) is 1.26. The summed E-state index contributed by atoms with van der Waals surface area (Å²) < 4.78 is 0. The summed E-state index contributed by atoms with van der Waals surface area (Å²) in [4.78, 5) is 2.08. The summed E-state index contributed by atoms with van der Waals surface area (Å²) >= 11 is 6.04. The van der Waals surface area contributed by atoms with Crippen molar-refractivity contribution >= 4 is 17.3 Å². The van der Waals surface area contributed by atoms with E-state index in [4.69, 9.17) is 11.6 Å². The average molecular weight is 184 g/mol. The van der Waals surface area contributed by atoms with E-state index in [2.05, 4.69) is 17.9 Å². The summed E-state index contributed by atoms with van der Waals surface area (Å²) in [6.45, 7) is 4.09. The van der Waals surface area contributed by atoms with Gasteiger partial charge < -0.3 is 4.90 Å². The highest BCUT2D eigenvalue weighted by atomic mass is 35.5. The number of rotatable bonds is 1. The lowest BCUT2D eigenvalue weighted by atomic mass is 10.1. The minimum atomic E-state index is 0.846. The number of nitrogens with zero attached hydrogens (tertiary/aromatic N) is 1. The molecule has 0 unspecified atom stereocenters. The highest BCUT2D eigenvalue weighted by Gasteiger charge is 2.04. The second kappa shape index (κ2) is 3.36. The van der Waals surface area contributed by atoms with Crippen molar-refractivity contribution in [1.82, 2.24) is 0 Å². The molecule has 0 radical (unpaired) electrons. The molecular formula is C10H14ClN. The first-order valence-electron chi connectivity index (χ1n) is 3.96. The van der Waals surface area contributed by atoms with Gasteiger partial charge in [-0.25, -0.2) is 0 Å². The Morgan fingerprint density at radius 1 is 1.17 bits per heavy atom. The van der Waals surface area contributed by atoms with E-state index in [1.165, 1.54) is 11.3 Å². The summed E-state index contributed by atoms with van der Waals surface area (Å²) in [5.74, 6) is 0. The predicted molar refractivity (Wildman–Crippen MR) is 55.3 cm³/mol. The van der Waals surface area contributed by atoms with Crippen LogP contribution in [0.15, 0.2) is 12.1 Å². The molecule has 0 N–H and O–H groups in total. The molecule has 0 aliphatic rings. The van der Waals surface area contributed by atoms with Gasteiger partial charge >= 0.3 is 0 Å². The molecule has 0 bridgehead atoms. The third-order valence-electron chi connectivity index (χ3n) is 1.94. The van der Waals surface area contributed by atoms with Crippen LogP contribution in [0.5, 0.6) is 0 Å². The van der Waals surface area contributed by atoms with Crippen molar-refractivity contribution in [3.05, 3.63) is 28.3 Å². The molecule has 12 heavy (non-hydrogen) atoms. The standard InChI is InChI=1S/C10H14ClN/c1-7-5-9(11)8(2)10(6-7)12(3)4/h5-6H,1-4H3. The van der Waals surface area contributed by atoms with Gasteiger partial charge in [0.05, 0.1) is 0 Å². The monoisotopic (exact) mass is 183 g/mol. The Labute approximate surface area is 79.0 Å². The molecule has 2 heteroatoms. The number of hydrogen-bond donors (Lipinski definition) is 0. The van der Waals surface area contributed by atoms with E-state index in [1.807, 2.05) is 27.1 Å². The maximum atomic E-state index is 6.04. The van der Waals surface area contributed by atoms with Crippen LogP contribution in [0.4, 0.5) is 5.69 Å². The number of hydrogen-bond acceptors (Lipinski definition) is 1. The second-order valence-corrected chi connectivity index (χ2v) is 3.69. The zero-order chi connectivity index (χ0) is 9.30. The molecule has 1 rings (SSSR count). The molecule has 0 saturated carbocycles. The van der Waals surface area contributed by atoms with Crippen molar-refractivity contribution in [2.45, 2.75) is 13.8 Å². The molecule has 1 aromatic rings. The first-order valence-corrected chi connectivity index (χ1v) is 4.34. The lowest BCUT2D eigenvalue weighted by Gasteiger charge is -2.17. The maximum Gasteiger partial charge on any atom is 0.0458 e. The summed E-state index contributed by atoms with van der Waals surface area (Å²) in [5.41, 5.74) is 3.54. The van der Waals surface area contributed by atoms with Gasteiger partial charge in [0.1, 0.15) is 0 Å². The normalized spacial score (nSPS) is 10.1. The molecule has 0 aliphatic heterocycles. The lowest BCUT2D eigenvalue weighted by molar-refractivity contribution is 1.11. The zero-order valence-electron chi connectivity index (χ0n) is 7.98. The summed E-state index contributed by atoms with van der Waals surface area (Å²) in [7, 11) is 4.05. The van der Waals surface area contributed by atoms with Gasteiger partial charge in [-0.2, -0.15) is 0 Å². The molecule has 0 aliphatic carbocycles. The van der Waals surface area contributed by atoms with Crippen LogP contribution in [-0.2, 0) is 0 Å². The van der Waals surface area contributed by atoms with E-state index in [9.17, 15) is 0 Å². The van der Waals surface area contributed by atoms with Gasteiger partial charge in [0.15, 0.2) is 0 Å². The lowest BCUT2D eigenvalue weighted by Crippen LogP contribution is -2.10. The van der Waals surface area contributed by atoms with Crippen LogP contribution < -0.4 is 4.90 Å². The van der Waals surface area contributed by atoms with Crippen molar-refractivity contribution in [2.75, 3.05) is 19.0 Å². The van der Waals surface area contributed by atoms with E-state index >= 15 is 0 Å². The Balaban J connectivity index is 3.28. The third-order valence-corrected chi connectivity index (χ3v) is 2.34. The molecular weight excluding hydrogens is 170 g/mol. The third kappa shape index (κ3) is 1.72. The van der Waals surface area contributed by atoms with Gasteiger partial charge in [0.2, 0.25) is 0 Å². The topological polar surface area (TPSA) is 3.24 Å². The number of halogens is 1. The van der Waals surface area contributed by atoms with Gasteiger partial charge in [-0.05, 0) is 37.1 Å². The molecule has 0 aromatic heterocycles. The van der Waals surface area contributed by atoms with E-state index in [0.717, 1.165) is 10.6 Å². The average Bonchev–Trinajstić information content (AvgIpc) is 1.96. The van der Waals surface area contributed by atoms with Gasteiger partial charge in [0, 0.05) is 24.8 Å². The smallest absolute Gasteiger partial charge is 0.0458 e. The van der Waals surface area contributed by atoms with Gasteiger partial charge in [0.25, 0.3) is 0 Å². The molecule has 1 aromatic carbocycles. The van der Waals surface area contributed by atoms with Gasteiger partial charge in [-0.3, -0.25) is 0 Å². The van der Waals surface area contributed by atoms with E-state index in [-0.39, 0.29) is 0 Å². The van der Waals surface area contributed by atoms with Crippen molar-refractivity contribution in [3.63, 3.8) is 0 Å². The fraction of sp³-hybridized carbons (Fsp3) is 0.400. The maximum absolute atomic E-state index is 6.04. The quantitative estimate of drug-likeness (QED) is 0.647. The molecule has 0 saturated heterocycles. The minimum Gasteiger partial charge on any atom is -0.377 e. The molecule has 0 amide bonds. The number of aryl methyl sites for hydroxylation is 1. The second-order valence-electron chi connectivity index (χ2n) is 3.29. The Bertz CT molecular complexity index is 292. The van der Waals surface area contributed by atoms with Crippen LogP contribution in [-0.4, -0.2) is 14.1 Å². The summed E-state index contributed by atoms with van der Waals surface area (Å²) in [6.07, 6.45) is 0. The van der Waals surface area contributed by atoms with E-state index in [0.29, 0.717) is 0 Å². The molecule has 1 nitrogen and oxygen atoms in total. The fourth-order valence-corrected chi connectivity index (χ4v) is 1.53. The zero-order valence-corrected chi connectivity index (χ0v) is 8.74. The van der Waals surface area contributed by atoms with Crippen LogP contribution in [0.3, 0.4) is 0 Å². The molecule has 0 heterocycles.